The Labute approximate surface area is 123 Å². The lowest BCUT2D eigenvalue weighted by Crippen LogP contribution is -2.62. The summed E-state index contributed by atoms with van der Waals surface area (Å²) in [6, 6.07) is 0.614. The minimum atomic E-state index is 0.614. The molecule has 0 aliphatic carbocycles. The number of fused-ring (bicyclic) bond motifs is 3. The topological polar surface area (TPSA) is 42.9 Å². The molecule has 0 aromatic carbocycles. The molecule has 2 N–H and O–H groups in total. The summed E-state index contributed by atoms with van der Waals surface area (Å²) >= 11 is 0. The number of nitrogens with one attached hydrogen (secondary N) is 2. The number of hydrogen-bond donors (Lipinski definition) is 2. The molecule has 116 valence electrons. The zero-order valence-electron chi connectivity index (χ0n) is 13.2. The molecule has 5 heteroatoms. The van der Waals surface area contributed by atoms with E-state index in [9.17, 15) is 0 Å². The first-order chi connectivity index (χ1) is 9.83. The van der Waals surface area contributed by atoms with E-state index >= 15 is 0 Å². The maximum atomic E-state index is 4.78. The highest BCUT2D eigenvalue weighted by Crippen LogP contribution is 2.15. The van der Waals surface area contributed by atoms with Gasteiger partial charge in [0.15, 0.2) is 5.96 Å². The van der Waals surface area contributed by atoms with Gasteiger partial charge >= 0.3 is 0 Å². The molecule has 1 atom stereocenters. The van der Waals surface area contributed by atoms with Gasteiger partial charge in [0.05, 0.1) is 6.54 Å². The Bertz CT molecular complexity index is 297. The number of piperazine rings is 3. The van der Waals surface area contributed by atoms with Crippen LogP contribution in [0.1, 0.15) is 33.1 Å². The summed E-state index contributed by atoms with van der Waals surface area (Å²) in [5, 5.41) is 6.80. The summed E-state index contributed by atoms with van der Waals surface area (Å²) in [6.07, 6.45) is 3.78. The lowest BCUT2D eigenvalue weighted by molar-refractivity contribution is 0.0174. The lowest BCUT2D eigenvalue weighted by atomic mass is 10.1. The van der Waals surface area contributed by atoms with Crippen molar-refractivity contribution in [1.82, 2.24) is 20.4 Å². The molecule has 3 heterocycles. The quantitative estimate of drug-likeness (QED) is 0.410. The van der Waals surface area contributed by atoms with Crippen molar-refractivity contribution in [2.75, 3.05) is 52.4 Å². The fourth-order valence-electron chi connectivity index (χ4n) is 3.02. The smallest absolute Gasteiger partial charge is 0.191 e. The number of rotatable bonds is 7. The molecule has 5 nitrogen and oxygen atoms in total. The Kier molecular flexibility index (Phi) is 6.60. The highest BCUT2D eigenvalue weighted by atomic mass is 15.3. The van der Waals surface area contributed by atoms with Gasteiger partial charge in [-0.15, -0.1) is 0 Å². The van der Waals surface area contributed by atoms with Crippen molar-refractivity contribution >= 4 is 5.96 Å². The third-order valence-corrected chi connectivity index (χ3v) is 4.27. The van der Waals surface area contributed by atoms with E-state index in [2.05, 4.69) is 34.3 Å². The van der Waals surface area contributed by atoms with Crippen molar-refractivity contribution in [2.24, 2.45) is 4.99 Å². The average molecular weight is 281 g/mol. The van der Waals surface area contributed by atoms with Crippen LogP contribution in [0.25, 0.3) is 0 Å². The van der Waals surface area contributed by atoms with Gasteiger partial charge < -0.3 is 10.6 Å². The van der Waals surface area contributed by atoms with Crippen molar-refractivity contribution in [2.45, 2.75) is 39.2 Å². The van der Waals surface area contributed by atoms with Gasteiger partial charge in [-0.25, -0.2) is 0 Å². The first kappa shape index (κ1) is 15.6. The Morgan fingerprint density at radius 1 is 1.10 bits per heavy atom. The standard InChI is InChI=1S/C15H31N5/c1-3-5-6-7-17-15(16-4-2)18-12-14-13-19-8-10-20(14)11-9-19/h14H,3-13H2,1-2H3,(H2,16,17,18). The molecule has 2 bridgehead atoms. The summed E-state index contributed by atoms with van der Waals surface area (Å²) in [5.41, 5.74) is 0. The number of hydrogen-bond acceptors (Lipinski definition) is 3. The van der Waals surface area contributed by atoms with Crippen LogP contribution in [0.4, 0.5) is 0 Å². The zero-order valence-corrected chi connectivity index (χ0v) is 13.2. The van der Waals surface area contributed by atoms with Crippen molar-refractivity contribution in [1.29, 1.82) is 0 Å². The van der Waals surface area contributed by atoms with E-state index < -0.39 is 0 Å². The largest absolute Gasteiger partial charge is 0.357 e. The second kappa shape index (κ2) is 8.47. The molecule has 3 fully saturated rings. The maximum absolute atomic E-state index is 4.78. The van der Waals surface area contributed by atoms with Crippen molar-refractivity contribution in [3.8, 4) is 0 Å². The third-order valence-electron chi connectivity index (χ3n) is 4.27. The molecular weight excluding hydrogens is 250 g/mol. The Morgan fingerprint density at radius 3 is 2.50 bits per heavy atom. The predicted octanol–water partition coefficient (Wildman–Crippen LogP) is 0.732. The molecular formula is C15H31N5. The van der Waals surface area contributed by atoms with E-state index in [0.717, 1.165) is 25.6 Å². The molecule has 20 heavy (non-hydrogen) atoms. The minimum absolute atomic E-state index is 0.614. The summed E-state index contributed by atoms with van der Waals surface area (Å²) in [4.78, 5) is 9.95. The summed E-state index contributed by atoms with van der Waals surface area (Å²) in [5.74, 6) is 0.987. The predicted molar refractivity (Wildman–Crippen MR) is 85.3 cm³/mol. The number of unbranched alkanes of at least 4 members (excludes halogenated alkanes) is 2. The monoisotopic (exact) mass is 281 g/mol. The molecule has 1 unspecified atom stereocenters. The van der Waals surface area contributed by atoms with E-state index in [-0.39, 0.29) is 0 Å². The van der Waals surface area contributed by atoms with Crippen LogP contribution in [0.15, 0.2) is 4.99 Å². The SMILES string of the molecule is CCCCCNC(=NCC1CN2CCN1CC2)NCC. The van der Waals surface area contributed by atoms with Gasteiger partial charge in [0.25, 0.3) is 0 Å². The van der Waals surface area contributed by atoms with E-state index in [1.807, 2.05) is 0 Å². The van der Waals surface area contributed by atoms with Gasteiger partial charge in [-0.1, -0.05) is 19.8 Å². The van der Waals surface area contributed by atoms with Gasteiger partial charge in [0.1, 0.15) is 0 Å². The highest BCUT2D eigenvalue weighted by Gasteiger charge is 2.31. The Balaban J connectivity index is 1.76. The molecule has 0 aromatic rings. The van der Waals surface area contributed by atoms with E-state index in [4.69, 9.17) is 4.99 Å². The number of nitrogens with zero attached hydrogens (tertiary/aromatic N) is 3. The fraction of sp³-hybridized carbons (Fsp3) is 0.933. The molecule has 0 spiro atoms. The summed E-state index contributed by atoms with van der Waals surface area (Å²) < 4.78 is 0. The summed E-state index contributed by atoms with van der Waals surface area (Å²) in [6.45, 7) is 13.4. The van der Waals surface area contributed by atoms with Crippen LogP contribution in [-0.2, 0) is 0 Å². The van der Waals surface area contributed by atoms with E-state index in [0.29, 0.717) is 6.04 Å². The molecule has 3 rings (SSSR count). The molecule has 3 saturated heterocycles. The van der Waals surface area contributed by atoms with Crippen LogP contribution in [0.5, 0.6) is 0 Å². The van der Waals surface area contributed by atoms with Crippen LogP contribution >= 0.6 is 0 Å². The molecule has 0 radical (unpaired) electrons. The van der Waals surface area contributed by atoms with Crippen molar-refractivity contribution < 1.29 is 0 Å². The highest BCUT2D eigenvalue weighted by molar-refractivity contribution is 5.79. The zero-order chi connectivity index (χ0) is 14.2. The number of guanidine groups is 1. The van der Waals surface area contributed by atoms with Crippen molar-refractivity contribution in [3.63, 3.8) is 0 Å². The van der Waals surface area contributed by atoms with Gasteiger partial charge in [-0.2, -0.15) is 0 Å². The second-order valence-electron chi connectivity index (χ2n) is 5.84. The first-order valence-corrected chi connectivity index (χ1v) is 8.32. The molecule has 0 aromatic heterocycles. The second-order valence-corrected chi connectivity index (χ2v) is 5.84. The van der Waals surface area contributed by atoms with Crippen LogP contribution in [0.2, 0.25) is 0 Å². The van der Waals surface area contributed by atoms with Gasteiger partial charge in [-0.3, -0.25) is 14.8 Å². The maximum Gasteiger partial charge on any atom is 0.191 e. The summed E-state index contributed by atoms with van der Waals surface area (Å²) in [7, 11) is 0. The number of aliphatic imine (C=N–C) groups is 1. The average Bonchev–Trinajstić information content (AvgIpc) is 2.50. The normalized spacial score (nSPS) is 29.5. The van der Waals surface area contributed by atoms with E-state index in [1.165, 1.54) is 52.0 Å². The van der Waals surface area contributed by atoms with Crippen molar-refractivity contribution in [3.05, 3.63) is 0 Å². The van der Waals surface area contributed by atoms with Crippen LogP contribution in [0, 0.1) is 0 Å². The fourth-order valence-corrected chi connectivity index (χ4v) is 3.02. The minimum Gasteiger partial charge on any atom is -0.357 e. The molecule has 0 amide bonds. The Morgan fingerprint density at radius 2 is 1.90 bits per heavy atom. The molecule has 0 saturated carbocycles. The lowest BCUT2D eigenvalue weighted by Gasteiger charge is -2.47. The van der Waals surface area contributed by atoms with Crippen LogP contribution in [0.3, 0.4) is 0 Å². The van der Waals surface area contributed by atoms with Gasteiger partial charge in [-0.05, 0) is 13.3 Å². The van der Waals surface area contributed by atoms with Gasteiger partial charge in [0.2, 0.25) is 0 Å². The van der Waals surface area contributed by atoms with E-state index in [1.54, 1.807) is 0 Å². The Hall–Kier alpha value is -0.810. The first-order valence-electron chi connectivity index (χ1n) is 8.32. The molecule has 3 aliphatic heterocycles. The van der Waals surface area contributed by atoms with Gasteiger partial charge in [0, 0.05) is 51.9 Å². The molecule has 3 aliphatic rings. The third kappa shape index (κ3) is 4.63. The van der Waals surface area contributed by atoms with Crippen LogP contribution in [-0.4, -0.2) is 74.2 Å². The van der Waals surface area contributed by atoms with Crippen LogP contribution < -0.4 is 10.6 Å².